The Kier molecular flexibility index (Phi) is 3.78. The van der Waals surface area contributed by atoms with E-state index in [4.69, 9.17) is 12.2 Å². The van der Waals surface area contributed by atoms with Gasteiger partial charge in [-0.05, 0) is 42.8 Å². The Morgan fingerprint density at radius 2 is 2.15 bits per heavy atom. The third kappa shape index (κ3) is 2.58. The lowest BCUT2D eigenvalue weighted by atomic mass is 9.94. The lowest BCUT2D eigenvalue weighted by molar-refractivity contribution is -0.124. The topological polar surface area (TPSA) is 45.2 Å². The zero-order chi connectivity index (χ0) is 13.9. The van der Waals surface area contributed by atoms with E-state index >= 15 is 0 Å². The first kappa shape index (κ1) is 13.2. The number of nitrogens with zero attached hydrogens (tertiary/aromatic N) is 2. The van der Waals surface area contributed by atoms with E-state index < -0.39 is 0 Å². The molecule has 3 rings (SSSR count). The van der Waals surface area contributed by atoms with Gasteiger partial charge in [-0.15, -0.1) is 0 Å². The molecule has 2 heterocycles. The summed E-state index contributed by atoms with van der Waals surface area (Å²) in [6.45, 7) is 0. The summed E-state index contributed by atoms with van der Waals surface area (Å²) in [5, 5.41) is 3.58. The van der Waals surface area contributed by atoms with Crippen LogP contribution in [0.1, 0.15) is 37.7 Å². The minimum absolute atomic E-state index is 0.00856. The van der Waals surface area contributed by atoms with Crippen molar-refractivity contribution in [1.82, 2.24) is 15.2 Å². The van der Waals surface area contributed by atoms with Gasteiger partial charge in [0, 0.05) is 18.4 Å². The molecule has 2 aliphatic rings. The lowest BCUT2D eigenvalue weighted by Crippen LogP contribution is -2.41. The van der Waals surface area contributed by atoms with Crippen molar-refractivity contribution in [3.05, 3.63) is 35.8 Å². The van der Waals surface area contributed by atoms with E-state index in [0.29, 0.717) is 10.8 Å². The summed E-state index contributed by atoms with van der Waals surface area (Å²) < 4.78 is 0. The standard InChI is InChI=1S/C15H17N3OS/c19-14-13(9-11-5-4-8-16-10-11)17-15(20)18(14)12-6-2-1-3-7-12/h4-5,8-10,12H,1-3,6-7H2,(H,17,20)/b13-9-. The molecule has 1 aliphatic carbocycles. The van der Waals surface area contributed by atoms with Crippen LogP contribution in [-0.2, 0) is 4.79 Å². The highest BCUT2D eigenvalue weighted by atomic mass is 32.1. The number of hydrogen-bond donors (Lipinski definition) is 1. The molecule has 5 heteroatoms. The number of thiocarbonyl (C=S) groups is 1. The summed E-state index contributed by atoms with van der Waals surface area (Å²) in [7, 11) is 0. The van der Waals surface area contributed by atoms with Crippen molar-refractivity contribution in [2.24, 2.45) is 0 Å². The number of pyridine rings is 1. The van der Waals surface area contributed by atoms with Crippen molar-refractivity contribution >= 4 is 29.3 Å². The zero-order valence-corrected chi connectivity index (χ0v) is 12.0. The van der Waals surface area contributed by atoms with Crippen LogP contribution in [0.3, 0.4) is 0 Å². The predicted octanol–water partition coefficient (Wildman–Crippen LogP) is 2.47. The molecular weight excluding hydrogens is 270 g/mol. The summed E-state index contributed by atoms with van der Waals surface area (Å²) in [5.41, 5.74) is 1.45. The van der Waals surface area contributed by atoms with Gasteiger partial charge < -0.3 is 5.32 Å². The largest absolute Gasteiger partial charge is 0.328 e. The minimum atomic E-state index is -0.00856. The summed E-state index contributed by atoms with van der Waals surface area (Å²) in [6.07, 6.45) is 11.0. The Hall–Kier alpha value is -1.75. The Morgan fingerprint density at radius 1 is 1.35 bits per heavy atom. The van der Waals surface area contributed by atoms with E-state index in [1.807, 2.05) is 18.2 Å². The minimum Gasteiger partial charge on any atom is -0.328 e. The molecule has 1 N–H and O–H groups in total. The van der Waals surface area contributed by atoms with E-state index in [2.05, 4.69) is 10.3 Å². The van der Waals surface area contributed by atoms with Gasteiger partial charge in [0.15, 0.2) is 5.11 Å². The molecule has 1 aromatic heterocycles. The SMILES string of the molecule is O=C1/C(=C/c2cccnc2)NC(=S)N1C1CCCCC1. The molecule has 1 saturated carbocycles. The molecule has 0 radical (unpaired) electrons. The molecule has 1 aliphatic heterocycles. The average Bonchev–Trinajstić information content (AvgIpc) is 2.75. The normalized spacial score (nSPS) is 22.4. The fraction of sp³-hybridized carbons (Fsp3) is 0.400. The van der Waals surface area contributed by atoms with Gasteiger partial charge in [0.2, 0.25) is 0 Å². The van der Waals surface area contributed by atoms with Gasteiger partial charge in [-0.3, -0.25) is 14.7 Å². The van der Waals surface area contributed by atoms with Crippen LogP contribution in [0.4, 0.5) is 0 Å². The second-order valence-electron chi connectivity index (χ2n) is 5.24. The molecular formula is C15H17N3OS. The maximum absolute atomic E-state index is 12.5. The van der Waals surface area contributed by atoms with Crippen LogP contribution in [0, 0.1) is 0 Å². The van der Waals surface area contributed by atoms with E-state index in [1.165, 1.54) is 19.3 Å². The molecule has 0 atom stereocenters. The molecule has 1 amide bonds. The first-order chi connectivity index (χ1) is 9.75. The second kappa shape index (κ2) is 5.71. The molecule has 0 bridgehead atoms. The van der Waals surface area contributed by atoms with Crippen molar-refractivity contribution in [3.8, 4) is 0 Å². The Balaban J connectivity index is 1.81. The number of carbonyl (C=O) groups is 1. The molecule has 1 saturated heterocycles. The molecule has 0 unspecified atom stereocenters. The highest BCUT2D eigenvalue weighted by molar-refractivity contribution is 7.80. The zero-order valence-electron chi connectivity index (χ0n) is 11.2. The predicted molar refractivity (Wildman–Crippen MR) is 81.7 cm³/mol. The number of rotatable bonds is 2. The van der Waals surface area contributed by atoms with Gasteiger partial charge >= 0.3 is 0 Å². The second-order valence-corrected chi connectivity index (χ2v) is 5.63. The molecule has 4 nitrogen and oxygen atoms in total. The number of aromatic nitrogens is 1. The number of amides is 1. The first-order valence-corrected chi connectivity index (χ1v) is 7.43. The van der Waals surface area contributed by atoms with Crippen LogP contribution in [0.15, 0.2) is 30.2 Å². The van der Waals surface area contributed by atoms with Gasteiger partial charge in [-0.2, -0.15) is 0 Å². The van der Waals surface area contributed by atoms with Crippen molar-refractivity contribution in [2.75, 3.05) is 0 Å². The monoisotopic (exact) mass is 287 g/mol. The fourth-order valence-corrected chi connectivity index (χ4v) is 3.19. The third-order valence-electron chi connectivity index (χ3n) is 3.84. The Morgan fingerprint density at radius 3 is 2.85 bits per heavy atom. The Bertz CT molecular complexity index is 549. The molecule has 20 heavy (non-hydrogen) atoms. The van der Waals surface area contributed by atoms with Crippen LogP contribution in [-0.4, -0.2) is 26.9 Å². The van der Waals surface area contributed by atoms with Gasteiger partial charge in [0.1, 0.15) is 5.70 Å². The number of nitrogens with one attached hydrogen (secondary N) is 1. The summed E-state index contributed by atoms with van der Waals surface area (Å²) in [5.74, 6) is -0.00856. The van der Waals surface area contributed by atoms with E-state index in [0.717, 1.165) is 18.4 Å². The number of carbonyl (C=O) groups excluding carboxylic acids is 1. The lowest BCUT2D eigenvalue weighted by Gasteiger charge is -2.29. The molecule has 1 aromatic rings. The van der Waals surface area contributed by atoms with Crippen LogP contribution < -0.4 is 5.32 Å². The van der Waals surface area contributed by atoms with Crippen molar-refractivity contribution in [1.29, 1.82) is 0 Å². The summed E-state index contributed by atoms with van der Waals surface area (Å²) in [4.78, 5) is 18.3. The molecule has 0 spiro atoms. The average molecular weight is 287 g/mol. The maximum atomic E-state index is 12.5. The third-order valence-corrected chi connectivity index (χ3v) is 4.14. The van der Waals surface area contributed by atoms with Crippen LogP contribution in [0.2, 0.25) is 0 Å². The molecule has 104 valence electrons. The van der Waals surface area contributed by atoms with Crippen LogP contribution >= 0.6 is 12.2 Å². The van der Waals surface area contributed by atoms with Crippen molar-refractivity contribution in [2.45, 2.75) is 38.1 Å². The van der Waals surface area contributed by atoms with Crippen molar-refractivity contribution < 1.29 is 4.79 Å². The molecule has 2 fully saturated rings. The molecule has 0 aromatic carbocycles. The quantitative estimate of drug-likeness (QED) is 0.670. The summed E-state index contributed by atoms with van der Waals surface area (Å²) >= 11 is 5.33. The summed E-state index contributed by atoms with van der Waals surface area (Å²) in [6, 6.07) is 4.03. The Labute approximate surface area is 123 Å². The van der Waals surface area contributed by atoms with E-state index in [1.54, 1.807) is 17.3 Å². The van der Waals surface area contributed by atoms with Gasteiger partial charge in [-0.25, -0.2) is 0 Å². The van der Waals surface area contributed by atoms with Gasteiger partial charge in [0.25, 0.3) is 5.91 Å². The van der Waals surface area contributed by atoms with Gasteiger partial charge in [-0.1, -0.05) is 25.3 Å². The highest BCUT2D eigenvalue weighted by Gasteiger charge is 2.36. The van der Waals surface area contributed by atoms with Gasteiger partial charge in [0.05, 0.1) is 0 Å². The van der Waals surface area contributed by atoms with Crippen LogP contribution in [0.5, 0.6) is 0 Å². The first-order valence-electron chi connectivity index (χ1n) is 7.02. The highest BCUT2D eigenvalue weighted by Crippen LogP contribution is 2.26. The number of hydrogen-bond acceptors (Lipinski definition) is 3. The fourth-order valence-electron chi connectivity index (χ4n) is 2.85. The van der Waals surface area contributed by atoms with Crippen molar-refractivity contribution in [3.63, 3.8) is 0 Å². The smallest absolute Gasteiger partial charge is 0.276 e. The van der Waals surface area contributed by atoms with Crippen LogP contribution in [0.25, 0.3) is 6.08 Å². The van der Waals surface area contributed by atoms with E-state index in [9.17, 15) is 4.79 Å². The van der Waals surface area contributed by atoms with E-state index in [-0.39, 0.29) is 11.9 Å². The maximum Gasteiger partial charge on any atom is 0.276 e.